The molecule has 2 aromatic heterocycles. The van der Waals surface area contributed by atoms with Gasteiger partial charge in [-0.05, 0) is 48.5 Å². The van der Waals surface area contributed by atoms with Crippen LogP contribution in [0.4, 0.5) is 15.9 Å². The quantitative estimate of drug-likeness (QED) is 0.686. The minimum Gasteiger partial charge on any atom is -0.486 e. The molecule has 0 saturated carbocycles. The first-order chi connectivity index (χ1) is 14.2. The Labute approximate surface area is 167 Å². The van der Waals surface area contributed by atoms with Crippen molar-refractivity contribution < 1.29 is 23.1 Å². The summed E-state index contributed by atoms with van der Waals surface area (Å²) in [6.45, 7) is 3.17. The maximum Gasteiger partial charge on any atom is 0.292 e. The Balaban J connectivity index is 1.32. The second kappa shape index (κ2) is 8.74. The summed E-state index contributed by atoms with van der Waals surface area (Å²) in [6.07, 6.45) is 1.73. The number of amides is 1. The number of hydrogen-bond acceptors (Lipinski definition) is 6. The van der Waals surface area contributed by atoms with Crippen molar-refractivity contribution in [2.45, 2.75) is 6.61 Å². The number of nitrogens with zero attached hydrogens (tertiary/aromatic N) is 2. The fourth-order valence-corrected chi connectivity index (χ4v) is 2.91. The molecule has 1 fully saturated rings. The minimum atomic E-state index is -0.398. The van der Waals surface area contributed by atoms with Gasteiger partial charge in [0.1, 0.15) is 29.8 Å². The molecule has 3 heterocycles. The van der Waals surface area contributed by atoms with Gasteiger partial charge in [0.15, 0.2) is 5.76 Å². The fourth-order valence-electron chi connectivity index (χ4n) is 2.91. The second-order valence-electron chi connectivity index (χ2n) is 6.46. The third-order valence-corrected chi connectivity index (χ3v) is 4.45. The number of morpholine rings is 1. The molecule has 0 aliphatic carbocycles. The molecule has 29 heavy (non-hydrogen) atoms. The van der Waals surface area contributed by atoms with Crippen LogP contribution in [-0.2, 0) is 11.3 Å². The lowest BCUT2D eigenvalue weighted by Gasteiger charge is -2.28. The third-order valence-electron chi connectivity index (χ3n) is 4.45. The SMILES string of the molecule is O=C(Nc1ccc(N2CCOCC2)cn1)c1ccc(COc2ccc(F)cc2)o1. The molecule has 1 aliphatic heterocycles. The van der Waals surface area contributed by atoms with Crippen LogP contribution in [-0.4, -0.2) is 37.2 Å². The molecule has 0 spiro atoms. The Morgan fingerprint density at radius 3 is 2.62 bits per heavy atom. The van der Waals surface area contributed by atoms with E-state index in [2.05, 4.69) is 15.2 Å². The molecule has 4 rings (SSSR count). The van der Waals surface area contributed by atoms with Crippen molar-refractivity contribution in [3.05, 3.63) is 72.1 Å². The maximum absolute atomic E-state index is 12.9. The van der Waals surface area contributed by atoms with Gasteiger partial charge in [-0.1, -0.05) is 0 Å². The molecule has 1 amide bonds. The van der Waals surface area contributed by atoms with Gasteiger partial charge in [-0.25, -0.2) is 9.37 Å². The molecule has 3 aromatic rings. The Kier molecular flexibility index (Phi) is 5.71. The average Bonchev–Trinajstić information content (AvgIpc) is 3.24. The average molecular weight is 397 g/mol. The van der Waals surface area contributed by atoms with Crippen molar-refractivity contribution in [1.29, 1.82) is 0 Å². The van der Waals surface area contributed by atoms with E-state index < -0.39 is 5.91 Å². The van der Waals surface area contributed by atoms with Crippen LogP contribution in [0, 0.1) is 5.82 Å². The zero-order valence-electron chi connectivity index (χ0n) is 15.6. The number of rotatable bonds is 6. The number of pyridine rings is 1. The molecule has 0 radical (unpaired) electrons. The van der Waals surface area contributed by atoms with Gasteiger partial charge in [0.05, 0.1) is 25.1 Å². The van der Waals surface area contributed by atoms with Gasteiger partial charge in [0.25, 0.3) is 5.91 Å². The number of halogens is 1. The summed E-state index contributed by atoms with van der Waals surface area (Å²) in [5.74, 6) is 0.855. The highest BCUT2D eigenvalue weighted by Crippen LogP contribution is 2.18. The number of ether oxygens (including phenoxy) is 2. The van der Waals surface area contributed by atoms with Crippen LogP contribution in [0.2, 0.25) is 0 Å². The number of hydrogen-bond donors (Lipinski definition) is 1. The Morgan fingerprint density at radius 1 is 1.10 bits per heavy atom. The normalized spacial score (nSPS) is 13.9. The smallest absolute Gasteiger partial charge is 0.292 e. The van der Waals surface area contributed by atoms with E-state index in [1.165, 1.54) is 24.3 Å². The molecule has 8 heteroatoms. The molecular weight excluding hydrogens is 377 g/mol. The van der Waals surface area contributed by atoms with E-state index in [1.807, 2.05) is 6.07 Å². The van der Waals surface area contributed by atoms with Gasteiger partial charge in [0.2, 0.25) is 0 Å². The van der Waals surface area contributed by atoms with E-state index in [0.29, 0.717) is 30.5 Å². The minimum absolute atomic E-state index is 0.130. The highest BCUT2D eigenvalue weighted by molar-refractivity contribution is 6.01. The highest BCUT2D eigenvalue weighted by Gasteiger charge is 2.14. The maximum atomic E-state index is 12.9. The van der Waals surface area contributed by atoms with Crippen LogP contribution < -0.4 is 15.0 Å². The fraction of sp³-hybridized carbons (Fsp3) is 0.238. The van der Waals surface area contributed by atoms with E-state index >= 15 is 0 Å². The first kappa shape index (κ1) is 18.9. The van der Waals surface area contributed by atoms with Crippen molar-refractivity contribution in [1.82, 2.24) is 4.98 Å². The molecule has 1 N–H and O–H groups in total. The molecule has 1 aromatic carbocycles. The van der Waals surface area contributed by atoms with Crippen LogP contribution in [0.15, 0.2) is 59.1 Å². The number of carbonyl (C=O) groups excluding carboxylic acids is 1. The summed E-state index contributed by atoms with van der Waals surface area (Å²) in [5.41, 5.74) is 0.990. The second-order valence-corrected chi connectivity index (χ2v) is 6.46. The van der Waals surface area contributed by atoms with Gasteiger partial charge in [-0.15, -0.1) is 0 Å². The van der Waals surface area contributed by atoms with E-state index in [0.717, 1.165) is 18.8 Å². The molecule has 0 atom stereocenters. The predicted molar refractivity (Wildman–Crippen MR) is 105 cm³/mol. The molecule has 1 saturated heterocycles. The molecular formula is C21H20FN3O4. The van der Waals surface area contributed by atoms with Gasteiger partial charge >= 0.3 is 0 Å². The van der Waals surface area contributed by atoms with Crippen molar-refractivity contribution in [3.8, 4) is 5.75 Å². The van der Waals surface area contributed by atoms with Crippen LogP contribution in [0.5, 0.6) is 5.75 Å². The molecule has 0 unspecified atom stereocenters. The predicted octanol–water partition coefficient (Wildman–Crippen LogP) is 3.48. The number of anilines is 2. The Hall–Kier alpha value is -3.39. The molecule has 0 bridgehead atoms. The summed E-state index contributed by atoms with van der Waals surface area (Å²) in [4.78, 5) is 18.9. The Bertz CT molecular complexity index is 951. The first-order valence-electron chi connectivity index (χ1n) is 9.24. The zero-order chi connectivity index (χ0) is 20.1. The zero-order valence-corrected chi connectivity index (χ0v) is 15.6. The number of aromatic nitrogens is 1. The van der Waals surface area contributed by atoms with Crippen LogP contribution >= 0.6 is 0 Å². The monoisotopic (exact) mass is 397 g/mol. The van der Waals surface area contributed by atoms with Crippen LogP contribution in [0.1, 0.15) is 16.3 Å². The summed E-state index contributed by atoms with van der Waals surface area (Å²) in [6, 6.07) is 12.6. The molecule has 1 aliphatic rings. The summed E-state index contributed by atoms with van der Waals surface area (Å²) < 4.78 is 29.3. The summed E-state index contributed by atoms with van der Waals surface area (Å²) in [7, 11) is 0. The van der Waals surface area contributed by atoms with Gasteiger partial charge < -0.3 is 24.1 Å². The highest BCUT2D eigenvalue weighted by atomic mass is 19.1. The summed E-state index contributed by atoms with van der Waals surface area (Å²) in [5, 5.41) is 2.71. The Morgan fingerprint density at radius 2 is 1.90 bits per heavy atom. The lowest BCUT2D eigenvalue weighted by Crippen LogP contribution is -2.36. The van der Waals surface area contributed by atoms with Crippen molar-refractivity contribution in [2.24, 2.45) is 0 Å². The molecule has 150 valence electrons. The largest absolute Gasteiger partial charge is 0.486 e. The van der Waals surface area contributed by atoms with E-state index in [9.17, 15) is 9.18 Å². The number of furan rings is 1. The van der Waals surface area contributed by atoms with Crippen LogP contribution in [0.25, 0.3) is 0 Å². The van der Waals surface area contributed by atoms with E-state index in [1.54, 1.807) is 24.4 Å². The van der Waals surface area contributed by atoms with Crippen molar-refractivity contribution in [3.63, 3.8) is 0 Å². The summed E-state index contributed by atoms with van der Waals surface area (Å²) >= 11 is 0. The van der Waals surface area contributed by atoms with Crippen LogP contribution in [0.3, 0.4) is 0 Å². The van der Waals surface area contributed by atoms with Gasteiger partial charge in [0, 0.05) is 13.1 Å². The van der Waals surface area contributed by atoms with Gasteiger partial charge in [-0.3, -0.25) is 4.79 Å². The van der Waals surface area contributed by atoms with Crippen molar-refractivity contribution >= 4 is 17.4 Å². The van der Waals surface area contributed by atoms with E-state index in [4.69, 9.17) is 13.9 Å². The third kappa shape index (κ3) is 4.91. The lowest BCUT2D eigenvalue weighted by atomic mass is 10.3. The van der Waals surface area contributed by atoms with Crippen molar-refractivity contribution in [2.75, 3.05) is 36.5 Å². The molecule has 7 nitrogen and oxygen atoms in total. The lowest BCUT2D eigenvalue weighted by molar-refractivity contribution is 0.0992. The standard InChI is InChI=1S/C21H20FN3O4/c22-15-1-4-17(5-2-15)28-14-18-6-7-19(29-18)21(26)24-20-8-3-16(13-23-20)25-9-11-27-12-10-25/h1-8,13H,9-12,14H2,(H,23,24,26). The first-order valence-corrected chi connectivity index (χ1v) is 9.24. The number of carbonyl (C=O) groups is 1. The number of nitrogens with one attached hydrogen (secondary N) is 1. The topological polar surface area (TPSA) is 76.8 Å². The van der Waals surface area contributed by atoms with E-state index in [-0.39, 0.29) is 18.2 Å². The number of benzene rings is 1. The van der Waals surface area contributed by atoms with Gasteiger partial charge in [-0.2, -0.15) is 0 Å².